The van der Waals surface area contributed by atoms with E-state index in [9.17, 15) is 29.1 Å². The highest BCUT2D eigenvalue weighted by molar-refractivity contribution is 5.97. The summed E-state index contributed by atoms with van der Waals surface area (Å²) >= 11 is 0. The normalized spacial score (nSPS) is 20.3. The summed E-state index contributed by atoms with van der Waals surface area (Å²) in [4.78, 5) is 46.1. The van der Waals surface area contributed by atoms with Gasteiger partial charge in [-0.25, -0.2) is 32.6 Å². The van der Waals surface area contributed by atoms with E-state index in [1.54, 1.807) is 6.07 Å². The maximum Gasteiger partial charge on any atom is 0.422 e. The minimum Gasteiger partial charge on any atom is -0.465 e. The SMILES string of the molecule is CC(C)(C)OC(=O)N(c1c(F)ccc(F)c1C#N)c1nc2cccc(F)c2c(=O)n1C1CN(C(=O)O)CCC12CCCO2. The number of halogens is 3. The van der Waals surface area contributed by atoms with Crippen LogP contribution in [0, 0.1) is 28.8 Å². The first-order valence-electron chi connectivity index (χ1n) is 13.5. The lowest BCUT2D eigenvalue weighted by Crippen LogP contribution is -2.56. The second-order valence-corrected chi connectivity index (χ2v) is 11.4. The van der Waals surface area contributed by atoms with Crippen molar-refractivity contribution in [2.75, 3.05) is 24.6 Å². The Labute approximate surface area is 243 Å². The van der Waals surface area contributed by atoms with Crippen LogP contribution >= 0.6 is 0 Å². The van der Waals surface area contributed by atoms with Crippen molar-refractivity contribution < 1.29 is 37.3 Å². The van der Waals surface area contributed by atoms with Crippen molar-refractivity contribution >= 4 is 34.7 Å². The van der Waals surface area contributed by atoms with E-state index in [-0.39, 0.29) is 31.6 Å². The van der Waals surface area contributed by atoms with Crippen molar-refractivity contribution in [2.45, 2.75) is 57.3 Å². The number of anilines is 2. The lowest BCUT2D eigenvalue weighted by molar-refractivity contribution is -0.0775. The van der Waals surface area contributed by atoms with E-state index in [1.807, 2.05) is 0 Å². The van der Waals surface area contributed by atoms with E-state index in [0.717, 1.165) is 15.5 Å². The van der Waals surface area contributed by atoms with Crippen molar-refractivity contribution in [3.05, 3.63) is 63.7 Å². The number of fused-ring (bicyclic) bond motifs is 1. The van der Waals surface area contributed by atoms with Gasteiger partial charge in [0, 0.05) is 19.7 Å². The molecule has 5 rings (SSSR count). The van der Waals surface area contributed by atoms with Crippen molar-refractivity contribution in [3.63, 3.8) is 0 Å². The standard InChI is InChI=1S/C29H28F3N5O6/c1-28(2,3)43-27(41)37(23-16(14-33)17(30)8-9-19(23)32)25-34-20-7-4-6-18(31)22(20)24(38)36(25)21-15-35(26(39)40)12-11-29(21)10-5-13-42-29/h4,6-9,21H,5,10-13,15H2,1-3H3,(H,39,40). The van der Waals surface area contributed by atoms with Gasteiger partial charge in [0.15, 0.2) is 0 Å². The predicted molar refractivity (Wildman–Crippen MR) is 147 cm³/mol. The second-order valence-electron chi connectivity index (χ2n) is 11.4. The highest BCUT2D eigenvalue weighted by Gasteiger charge is 2.50. The molecule has 3 heterocycles. The molecule has 2 aliphatic heterocycles. The molecule has 1 spiro atoms. The van der Waals surface area contributed by atoms with Crippen LogP contribution in [0.15, 0.2) is 35.1 Å². The average Bonchev–Trinajstić information content (AvgIpc) is 3.39. The fraction of sp³-hybridized carbons (Fsp3) is 0.414. The third-order valence-corrected chi connectivity index (χ3v) is 7.57. The number of likely N-dealkylation sites (tertiary alicyclic amines) is 1. The molecule has 3 aromatic rings. The van der Waals surface area contributed by atoms with Gasteiger partial charge < -0.3 is 19.5 Å². The lowest BCUT2D eigenvalue weighted by atomic mass is 9.83. The van der Waals surface area contributed by atoms with Crippen LogP contribution in [0.1, 0.15) is 51.6 Å². The molecule has 226 valence electrons. The van der Waals surface area contributed by atoms with E-state index in [0.29, 0.717) is 29.9 Å². The highest BCUT2D eigenvalue weighted by atomic mass is 19.1. The number of carboxylic acid groups (broad SMARTS) is 1. The second kappa shape index (κ2) is 10.9. The number of hydrogen-bond acceptors (Lipinski definition) is 7. The van der Waals surface area contributed by atoms with Gasteiger partial charge in [-0.1, -0.05) is 6.07 Å². The summed E-state index contributed by atoms with van der Waals surface area (Å²) in [6.45, 7) is 4.57. The van der Waals surface area contributed by atoms with E-state index in [4.69, 9.17) is 9.47 Å². The molecular weight excluding hydrogens is 571 g/mol. The van der Waals surface area contributed by atoms with Crippen molar-refractivity contribution in [1.82, 2.24) is 14.5 Å². The highest BCUT2D eigenvalue weighted by Crippen LogP contribution is 2.45. The van der Waals surface area contributed by atoms with Gasteiger partial charge in [-0.3, -0.25) is 9.36 Å². The number of carbonyl (C=O) groups is 2. The zero-order valence-electron chi connectivity index (χ0n) is 23.6. The first-order valence-corrected chi connectivity index (χ1v) is 13.5. The van der Waals surface area contributed by atoms with Gasteiger partial charge in [-0.2, -0.15) is 5.26 Å². The zero-order valence-corrected chi connectivity index (χ0v) is 23.6. The smallest absolute Gasteiger partial charge is 0.422 e. The summed E-state index contributed by atoms with van der Waals surface area (Å²) in [6, 6.07) is 5.36. The van der Waals surface area contributed by atoms with Crippen LogP contribution in [-0.2, 0) is 9.47 Å². The molecule has 2 amide bonds. The number of hydrogen-bond donors (Lipinski definition) is 1. The Morgan fingerprint density at radius 2 is 1.88 bits per heavy atom. The Morgan fingerprint density at radius 3 is 2.51 bits per heavy atom. The molecule has 2 aromatic carbocycles. The van der Waals surface area contributed by atoms with Gasteiger partial charge >= 0.3 is 12.2 Å². The predicted octanol–water partition coefficient (Wildman–Crippen LogP) is 5.23. The van der Waals surface area contributed by atoms with Gasteiger partial charge in [-0.05, 0) is 64.3 Å². The van der Waals surface area contributed by atoms with Gasteiger partial charge in [0.2, 0.25) is 5.95 Å². The van der Waals surface area contributed by atoms with Crippen LogP contribution in [0.25, 0.3) is 10.9 Å². The number of nitrogens with zero attached hydrogens (tertiary/aromatic N) is 5. The first-order chi connectivity index (χ1) is 20.3. The maximum absolute atomic E-state index is 15.6. The number of carbonyl (C=O) groups excluding carboxylic acids is 1. The fourth-order valence-electron chi connectivity index (χ4n) is 5.70. The summed E-state index contributed by atoms with van der Waals surface area (Å²) in [5, 5.41) is 19.2. The van der Waals surface area contributed by atoms with Crippen LogP contribution < -0.4 is 10.5 Å². The molecule has 2 atom stereocenters. The third kappa shape index (κ3) is 5.25. The number of ether oxygens (including phenoxy) is 2. The summed E-state index contributed by atoms with van der Waals surface area (Å²) in [5.41, 5.74) is -5.35. The third-order valence-electron chi connectivity index (χ3n) is 7.57. The molecule has 0 radical (unpaired) electrons. The number of amides is 2. The Bertz CT molecular complexity index is 1720. The van der Waals surface area contributed by atoms with Crippen LogP contribution in [0.2, 0.25) is 0 Å². The van der Waals surface area contributed by atoms with Crippen molar-refractivity contribution in [3.8, 4) is 6.07 Å². The number of nitriles is 1. The minimum absolute atomic E-state index is 0.0676. The van der Waals surface area contributed by atoms with Gasteiger partial charge in [0.1, 0.15) is 45.8 Å². The fourth-order valence-corrected chi connectivity index (χ4v) is 5.70. The van der Waals surface area contributed by atoms with Crippen molar-refractivity contribution in [1.29, 1.82) is 5.26 Å². The van der Waals surface area contributed by atoms with Crippen LogP contribution in [-0.4, -0.2) is 62.6 Å². The Balaban J connectivity index is 1.91. The molecule has 2 saturated heterocycles. The monoisotopic (exact) mass is 599 g/mol. The Hall–Kier alpha value is -4.64. The molecule has 43 heavy (non-hydrogen) atoms. The van der Waals surface area contributed by atoms with Gasteiger partial charge in [0.05, 0.1) is 17.2 Å². The quantitative estimate of drug-likeness (QED) is 0.432. The average molecular weight is 600 g/mol. The summed E-state index contributed by atoms with van der Waals surface area (Å²) in [7, 11) is 0. The van der Waals surface area contributed by atoms with E-state index in [2.05, 4.69) is 4.98 Å². The van der Waals surface area contributed by atoms with Gasteiger partial charge in [0.25, 0.3) is 5.56 Å². The van der Waals surface area contributed by atoms with E-state index in [1.165, 1.54) is 32.9 Å². The molecule has 0 aliphatic carbocycles. The molecule has 1 aromatic heterocycles. The summed E-state index contributed by atoms with van der Waals surface area (Å²) < 4.78 is 58.3. The molecule has 11 nitrogen and oxygen atoms in total. The van der Waals surface area contributed by atoms with Crippen LogP contribution in [0.4, 0.5) is 34.4 Å². The Kier molecular flexibility index (Phi) is 7.55. The molecule has 2 aliphatic rings. The molecule has 1 N–H and O–H groups in total. The number of piperidine rings is 1. The molecule has 2 fully saturated rings. The molecular formula is C29H28F3N5O6. The first kappa shape index (κ1) is 29.8. The van der Waals surface area contributed by atoms with E-state index >= 15 is 8.78 Å². The minimum atomic E-state index is -1.32. The van der Waals surface area contributed by atoms with Crippen molar-refractivity contribution in [2.24, 2.45) is 0 Å². The lowest BCUT2D eigenvalue weighted by Gasteiger charge is -2.45. The maximum atomic E-state index is 15.6. The number of benzene rings is 2. The topological polar surface area (TPSA) is 138 Å². The largest absolute Gasteiger partial charge is 0.465 e. The van der Waals surface area contributed by atoms with Crippen LogP contribution in [0.5, 0.6) is 0 Å². The number of aromatic nitrogens is 2. The van der Waals surface area contributed by atoms with Gasteiger partial charge in [-0.15, -0.1) is 0 Å². The summed E-state index contributed by atoms with van der Waals surface area (Å²) in [6.07, 6.45) is -1.52. The molecule has 0 saturated carbocycles. The summed E-state index contributed by atoms with van der Waals surface area (Å²) in [5.74, 6) is -3.96. The molecule has 2 unspecified atom stereocenters. The zero-order chi connectivity index (χ0) is 31.3. The Morgan fingerprint density at radius 1 is 1.16 bits per heavy atom. The molecule has 14 heteroatoms. The van der Waals surface area contributed by atoms with E-state index < -0.39 is 75.0 Å². The molecule has 0 bridgehead atoms. The number of rotatable bonds is 3. The van der Waals surface area contributed by atoms with Crippen LogP contribution in [0.3, 0.4) is 0 Å².